The first-order valence-electron chi connectivity index (χ1n) is 5.97. The standard InChI is InChI=1S/C13H13N3O2/c17-13(11-4-2-8-18-11)16-10-5-7-14-9-3-1-6-15-12(9)10/h1,3,5-7,11H,2,4,8H2,(H,14,16,17)/t11-/m1/s1. The summed E-state index contributed by atoms with van der Waals surface area (Å²) < 4.78 is 5.35. The Morgan fingerprint density at radius 3 is 3.11 bits per heavy atom. The summed E-state index contributed by atoms with van der Waals surface area (Å²) in [5.41, 5.74) is 2.15. The van der Waals surface area contributed by atoms with Gasteiger partial charge in [0.25, 0.3) is 5.91 Å². The highest BCUT2D eigenvalue weighted by atomic mass is 16.5. The number of fused-ring (bicyclic) bond motifs is 1. The molecule has 1 N–H and O–H groups in total. The van der Waals surface area contributed by atoms with Gasteiger partial charge in [-0.3, -0.25) is 14.8 Å². The van der Waals surface area contributed by atoms with Gasteiger partial charge in [-0.2, -0.15) is 0 Å². The number of ether oxygens (including phenoxy) is 1. The summed E-state index contributed by atoms with van der Waals surface area (Å²) in [6, 6.07) is 5.44. The van der Waals surface area contributed by atoms with E-state index in [0.717, 1.165) is 18.4 Å². The lowest BCUT2D eigenvalue weighted by Gasteiger charge is -2.11. The van der Waals surface area contributed by atoms with Crippen molar-refractivity contribution in [1.82, 2.24) is 9.97 Å². The van der Waals surface area contributed by atoms with Crippen molar-refractivity contribution in [3.8, 4) is 0 Å². The van der Waals surface area contributed by atoms with Crippen LogP contribution in [0.15, 0.2) is 30.6 Å². The number of aromatic nitrogens is 2. The summed E-state index contributed by atoms with van der Waals surface area (Å²) in [6.07, 6.45) is 4.73. The third-order valence-electron chi connectivity index (χ3n) is 2.98. The van der Waals surface area contributed by atoms with E-state index in [-0.39, 0.29) is 12.0 Å². The van der Waals surface area contributed by atoms with Crippen LogP contribution >= 0.6 is 0 Å². The molecule has 0 spiro atoms. The lowest BCUT2D eigenvalue weighted by Crippen LogP contribution is -2.27. The molecule has 0 aliphatic carbocycles. The maximum Gasteiger partial charge on any atom is 0.253 e. The molecule has 0 bridgehead atoms. The SMILES string of the molecule is O=C(Nc1ccnc2cccnc12)[C@H]1CCCO1. The van der Waals surface area contributed by atoms with Crippen LogP contribution in [-0.2, 0) is 9.53 Å². The molecule has 1 aliphatic rings. The number of hydrogen-bond donors (Lipinski definition) is 1. The van der Waals surface area contributed by atoms with E-state index in [9.17, 15) is 4.79 Å². The van der Waals surface area contributed by atoms with Gasteiger partial charge in [-0.05, 0) is 31.0 Å². The van der Waals surface area contributed by atoms with Gasteiger partial charge in [-0.25, -0.2) is 0 Å². The van der Waals surface area contributed by atoms with Crippen LogP contribution in [0.3, 0.4) is 0 Å². The van der Waals surface area contributed by atoms with Crippen molar-refractivity contribution in [2.75, 3.05) is 11.9 Å². The summed E-state index contributed by atoms with van der Waals surface area (Å²) in [6.45, 7) is 0.660. The molecule has 1 atom stereocenters. The van der Waals surface area contributed by atoms with Crippen LogP contribution in [0.25, 0.3) is 11.0 Å². The number of nitrogens with one attached hydrogen (secondary N) is 1. The second-order valence-corrected chi connectivity index (χ2v) is 4.22. The van der Waals surface area contributed by atoms with Gasteiger partial charge in [0, 0.05) is 19.0 Å². The number of rotatable bonds is 2. The molecule has 18 heavy (non-hydrogen) atoms. The van der Waals surface area contributed by atoms with E-state index in [1.54, 1.807) is 18.5 Å². The summed E-state index contributed by atoms with van der Waals surface area (Å²) >= 11 is 0. The molecular formula is C13H13N3O2. The van der Waals surface area contributed by atoms with E-state index in [4.69, 9.17) is 4.74 Å². The second-order valence-electron chi connectivity index (χ2n) is 4.22. The molecule has 92 valence electrons. The lowest BCUT2D eigenvalue weighted by molar-refractivity contribution is -0.124. The molecule has 5 heteroatoms. The minimum Gasteiger partial charge on any atom is -0.368 e. The van der Waals surface area contributed by atoms with Gasteiger partial charge >= 0.3 is 0 Å². The topological polar surface area (TPSA) is 64.1 Å². The normalized spacial score (nSPS) is 19.0. The smallest absolute Gasteiger partial charge is 0.253 e. The van der Waals surface area contributed by atoms with Crippen molar-refractivity contribution in [1.29, 1.82) is 0 Å². The Hall–Kier alpha value is -2.01. The number of nitrogens with zero attached hydrogens (tertiary/aromatic N) is 2. The van der Waals surface area contributed by atoms with Crippen molar-refractivity contribution >= 4 is 22.6 Å². The number of carbonyl (C=O) groups excluding carboxylic acids is 1. The molecule has 0 radical (unpaired) electrons. The molecule has 5 nitrogen and oxygen atoms in total. The molecule has 1 aliphatic heterocycles. The molecule has 1 amide bonds. The van der Waals surface area contributed by atoms with Crippen molar-refractivity contribution in [2.24, 2.45) is 0 Å². The second kappa shape index (κ2) is 4.70. The number of amides is 1. The molecule has 2 aromatic heterocycles. The molecule has 3 rings (SSSR count). The summed E-state index contributed by atoms with van der Waals surface area (Å²) in [7, 11) is 0. The fraction of sp³-hybridized carbons (Fsp3) is 0.308. The average molecular weight is 243 g/mol. The van der Waals surface area contributed by atoms with Crippen LogP contribution in [-0.4, -0.2) is 28.6 Å². The van der Waals surface area contributed by atoms with Gasteiger partial charge in [-0.15, -0.1) is 0 Å². The Morgan fingerprint density at radius 2 is 2.28 bits per heavy atom. The molecule has 0 saturated carbocycles. The maximum absolute atomic E-state index is 12.0. The number of anilines is 1. The highest BCUT2D eigenvalue weighted by Gasteiger charge is 2.24. The predicted octanol–water partition coefficient (Wildman–Crippen LogP) is 1.75. The van der Waals surface area contributed by atoms with Crippen LogP contribution in [0.2, 0.25) is 0 Å². The van der Waals surface area contributed by atoms with Gasteiger partial charge in [0.05, 0.1) is 11.2 Å². The van der Waals surface area contributed by atoms with Gasteiger partial charge in [-0.1, -0.05) is 0 Å². The molecular weight excluding hydrogens is 230 g/mol. The van der Waals surface area contributed by atoms with Crippen LogP contribution in [0.4, 0.5) is 5.69 Å². The first-order valence-corrected chi connectivity index (χ1v) is 5.97. The number of carbonyl (C=O) groups is 1. The molecule has 1 saturated heterocycles. The van der Waals surface area contributed by atoms with Gasteiger partial charge in [0.2, 0.25) is 0 Å². The predicted molar refractivity (Wildman–Crippen MR) is 67.1 cm³/mol. The van der Waals surface area contributed by atoms with Crippen molar-refractivity contribution in [3.05, 3.63) is 30.6 Å². The minimum absolute atomic E-state index is 0.106. The zero-order chi connectivity index (χ0) is 12.4. The largest absolute Gasteiger partial charge is 0.368 e. The Labute approximate surface area is 104 Å². The van der Waals surface area contributed by atoms with E-state index >= 15 is 0 Å². The van der Waals surface area contributed by atoms with Gasteiger partial charge in [0.15, 0.2) is 0 Å². The zero-order valence-electron chi connectivity index (χ0n) is 9.80. The van der Waals surface area contributed by atoms with Crippen molar-refractivity contribution < 1.29 is 9.53 Å². The first kappa shape index (κ1) is 11.1. The third-order valence-corrected chi connectivity index (χ3v) is 2.98. The Bertz CT molecular complexity index is 574. The van der Waals surface area contributed by atoms with E-state index in [1.165, 1.54) is 0 Å². The first-order chi connectivity index (χ1) is 8.84. The summed E-state index contributed by atoms with van der Waals surface area (Å²) in [5.74, 6) is -0.106. The van der Waals surface area contributed by atoms with Crippen LogP contribution < -0.4 is 5.32 Å². The van der Waals surface area contributed by atoms with E-state index in [2.05, 4.69) is 15.3 Å². The number of hydrogen-bond acceptors (Lipinski definition) is 4. The van der Waals surface area contributed by atoms with Crippen molar-refractivity contribution in [3.63, 3.8) is 0 Å². The fourth-order valence-corrected chi connectivity index (χ4v) is 2.08. The Balaban J connectivity index is 1.88. The monoisotopic (exact) mass is 243 g/mol. The Kier molecular flexibility index (Phi) is 2.90. The average Bonchev–Trinajstić information content (AvgIpc) is 2.93. The van der Waals surface area contributed by atoms with E-state index in [1.807, 2.05) is 12.1 Å². The molecule has 0 aromatic carbocycles. The van der Waals surface area contributed by atoms with Crippen LogP contribution in [0.1, 0.15) is 12.8 Å². The van der Waals surface area contributed by atoms with Gasteiger partial charge < -0.3 is 10.1 Å². The quantitative estimate of drug-likeness (QED) is 0.872. The van der Waals surface area contributed by atoms with E-state index < -0.39 is 0 Å². The van der Waals surface area contributed by atoms with E-state index in [0.29, 0.717) is 17.8 Å². The Morgan fingerprint density at radius 1 is 1.33 bits per heavy atom. The molecule has 2 aromatic rings. The molecule has 3 heterocycles. The summed E-state index contributed by atoms with van der Waals surface area (Å²) in [4.78, 5) is 20.4. The minimum atomic E-state index is -0.336. The zero-order valence-corrected chi connectivity index (χ0v) is 9.80. The number of pyridine rings is 2. The highest BCUT2D eigenvalue weighted by Crippen LogP contribution is 2.20. The van der Waals surface area contributed by atoms with Crippen LogP contribution in [0.5, 0.6) is 0 Å². The van der Waals surface area contributed by atoms with Crippen molar-refractivity contribution in [2.45, 2.75) is 18.9 Å². The lowest BCUT2D eigenvalue weighted by atomic mass is 10.2. The fourth-order valence-electron chi connectivity index (χ4n) is 2.08. The third kappa shape index (κ3) is 2.04. The van der Waals surface area contributed by atoms with Gasteiger partial charge in [0.1, 0.15) is 11.6 Å². The maximum atomic E-state index is 12.0. The molecule has 0 unspecified atom stereocenters. The molecule has 1 fully saturated rings. The highest BCUT2D eigenvalue weighted by molar-refractivity contribution is 6.00. The van der Waals surface area contributed by atoms with Crippen LogP contribution in [0, 0.1) is 0 Å². The summed E-state index contributed by atoms with van der Waals surface area (Å²) in [5, 5.41) is 2.86.